The molecule has 1 N–H and O–H groups in total. The van der Waals surface area contributed by atoms with Gasteiger partial charge in [-0.25, -0.2) is 4.79 Å². The summed E-state index contributed by atoms with van der Waals surface area (Å²) in [4.78, 5) is 11.0. The smallest absolute Gasteiger partial charge is 0.330 e. The summed E-state index contributed by atoms with van der Waals surface area (Å²) < 4.78 is 0. The first-order valence-electron chi connectivity index (χ1n) is 7.60. The number of hydrogen-bond acceptors (Lipinski definition) is 1. The molecule has 2 fully saturated rings. The van der Waals surface area contributed by atoms with Crippen molar-refractivity contribution in [2.75, 3.05) is 0 Å². The van der Waals surface area contributed by atoms with Gasteiger partial charge in [-0.2, -0.15) is 0 Å². The summed E-state index contributed by atoms with van der Waals surface area (Å²) >= 11 is 0. The van der Waals surface area contributed by atoms with Crippen molar-refractivity contribution in [2.45, 2.75) is 64.7 Å². The van der Waals surface area contributed by atoms with Gasteiger partial charge in [-0.1, -0.05) is 51.0 Å². The molecular formula is C16H26O2. The van der Waals surface area contributed by atoms with E-state index in [0.29, 0.717) is 11.5 Å². The van der Waals surface area contributed by atoms with Gasteiger partial charge in [0.2, 0.25) is 0 Å². The van der Waals surface area contributed by atoms with E-state index in [1.54, 1.807) is 6.92 Å². The van der Waals surface area contributed by atoms with Crippen LogP contribution in [-0.2, 0) is 4.79 Å². The highest BCUT2D eigenvalue weighted by atomic mass is 16.4. The predicted octanol–water partition coefficient (Wildman–Crippen LogP) is 4.40. The molecule has 18 heavy (non-hydrogen) atoms. The topological polar surface area (TPSA) is 37.3 Å². The van der Waals surface area contributed by atoms with Crippen LogP contribution in [0.1, 0.15) is 64.7 Å². The van der Waals surface area contributed by atoms with Crippen LogP contribution < -0.4 is 0 Å². The Morgan fingerprint density at radius 1 is 1.00 bits per heavy atom. The van der Waals surface area contributed by atoms with E-state index < -0.39 is 5.97 Å². The average molecular weight is 250 g/mol. The van der Waals surface area contributed by atoms with E-state index in [2.05, 4.69) is 6.08 Å². The number of hydrogen-bond donors (Lipinski definition) is 1. The SMILES string of the molecule is CC(=CC1CCCCC1C1CCCCC1)C(=O)O. The molecule has 0 heterocycles. The first kappa shape index (κ1) is 13.6. The van der Waals surface area contributed by atoms with Gasteiger partial charge in [0.25, 0.3) is 0 Å². The second-order valence-electron chi connectivity index (χ2n) is 6.17. The van der Waals surface area contributed by atoms with Gasteiger partial charge in [-0.05, 0) is 37.5 Å². The lowest BCUT2D eigenvalue weighted by molar-refractivity contribution is -0.132. The largest absolute Gasteiger partial charge is 0.478 e. The summed E-state index contributed by atoms with van der Waals surface area (Å²) in [5.41, 5.74) is 0.544. The third-order valence-corrected chi connectivity index (χ3v) is 4.93. The van der Waals surface area contributed by atoms with Crippen LogP contribution in [0.5, 0.6) is 0 Å². The maximum atomic E-state index is 11.0. The zero-order valence-corrected chi connectivity index (χ0v) is 11.5. The maximum Gasteiger partial charge on any atom is 0.330 e. The molecule has 0 amide bonds. The second kappa shape index (κ2) is 6.40. The number of allylic oxidation sites excluding steroid dienone is 1. The van der Waals surface area contributed by atoms with Crippen molar-refractivity contribution >= 4 is 5.97 Å². The molecule has 0 aromatic rings. The second-order valence-corrected chi connectivity index (χ2v) is 6.17. The van der Waals surface area contributed by atoms with E-state index in [9.17, 15) is 4.79 Å². The first-order chi connectivity index (χ1) is 8.68. The molecule has 2 saturated carbocycles. The standard InChI is InChI=1S/C16H26O2/c1-12(16(17)18)11-14-9-5-6-10-15(14)13-7-3-2-4-8-13/h11,13-15H,2-10H2,1H3,(H,17,18). The van der Waals surface area contributed by atoms with Crippen molar-refractivity contribution in [3.63, 3.8) is 0 Å². The molecule has 2 heteroatoms. The molecule has 0 aromatic heterocycles. The van der Waals surface area contributed by atoms with Gasteiger partial charge >= 0.3 is 5.97 Å². The average Bonchev–Trinajstić information content (AvgIpc) is 2.40. The Kier molecular flexibility index (Phi) is 4.85. The molecule has 0 radical (unpaired) electrons. The molecule has 0 spiro atoms. The van der Waals surface area contributed by atoms with Crippen LogP contribution in [0.15, 0.2) is 11.6 Å². The van der Waals surface area contributed by atoms with Gasteiger partial charge in [0.1, 0.15) is 0 Å². The van der Waals surface area contributed by atoms with Crippen molar-refractivity contribution in [2.24, 2.45) is 17.8 Å². The Morgan fingerprint density at radius 3 is 2.28 bits per heavy atom. The number of carbonyl (C=O) groups is 1. The number of carboxylic acid groups (broad SMARTS) is 1. The molecule has 2 unspecified atom stereocenters. The molecule has 2 rings (SSSR count). The fourth-order valence-electron chi connectivity index (χ4n) is 3.94. The third kappa shape index (κ3) is 3.37. The molecule has 2 aliphatic rings. The van der Waals surface area contributed by atoms with Crippen LogP contribution in [0.2, 0.25) is 0 Å². The van der Waals surface area contributed by atoms with E-state index in [0.717, 1.165) is 11.8 Å². The highest BCUT2D eigenvalue weighted by molar-refractivity contribution is 5.85. The van der Waals surface area contributed by atoms with Gasteiger partial charge < -0.3 is 5.11 Å². The quantitative estimate of drug-likeness (QED) is 0.754. The Labute approximate surface area is 110 Å². The Hall–Kier alpha value is -0.790. The van der Waals surface area contributed by atoms with E-state index in [-0.39, 0.29) is 0 Å². The highest BCUT2D eigenvalue weighted by Crippen LogP contribution is 2.42. The minimum atomic E-state index is -0.747. The first-order valence-corrected chi connectivity index (χ1v) is 7.60. The van der Waals surface area contributed by atoms with Crippen molar-refractivity contribution in [3.8, 4) is 0 Å². The van der Waals surface area contributed by atoms with E-state index in [1.165, 1.54) is 57.8 Å². The van der Waals surface area contributed by atoms with Crippen LogP contribution in [0.3, 0.4) is 0 Å². The Morgan fingerprint density at radius 2 is 1.61 bits per heavy atom. The minimum Gasteiger partial charge on any atom is -0.478 e. The predicted molar refractivity (Wildman–Crippen MR) is 73.4 cm³/mol. The van der Waals surface area contributed by atoms with Gasteiger partial charge in [0.15, 0.2) is 0 Å². The summed E-state index contributed by atoms with van der Waals surface area (Å²) in [6.07, 6.45) is 14.1. The molecular weight excluding hydrogens is 224 g/mol. The van der Waals surface area contributed by atoms with E-state index >= 15 is 0 Å². The number of aliphatic carboxylic acids is 1. The fourth-order valence-corrected chi connectivity index (χ4v) is 3.94. The molecule has 0 aromatic carbocycles. The fraction of sp³-hybridized carbons (Fsp3) is 0.812. The van der Waals surface area contributed by atoms with Gasteiger partial charge in [0, 0.05) is 5.57 Å². The van der Waals surface area contributed by atoms with E-state index in [4.69, 9.17) is 5.11 Å². The maximum absolute atomic E-state index is 11.0. The summed E-state index contributed by atoms with van der Waals surface area (Å²) in [6.45, 7) is 1.74. The molecule has 0 saturated heterocycles. The number of rotatable bonds is 3. The summed E-state index contributed by atoms with van der Waals surface area (Å²) in [5, 5.41) is 9.04. The summed E-state index contributed by atoms with van der Waals surface area (Å²) in [7, 11) is 0. The zero-order valence-electron chi connectivity index (χ0n) is 11.5. The summed E-state index contributed by atoms with van der Waals surface area (Å²) in [5.74, 6) is 1.40. The molecule has 2 nitrogen and oxygen atoms in total. The molecule has 0 aliphatic heterocycles. The van der Waals surface area contributed by atoms with Crippen molar-refractivity contribution in [3.05, 3.63) is 11.6 Å². The molecule has 102 valence electrons. The third-order valence-electron chi connectivity index (χ3n) is 4.93. The van der Waals surface area contributed by atoms with Crippen LogP contribution in [0.25, 0.3) is 0 Å². The molecule has 0 bridgehead atoms. The number of carboxylic acids is 1. The van der Waals surface area contributed by atoms with Crippen molar-refractivity contribution < 1.29 is 9.90 Å². The Bertz CT molecular complexity index is 313. The van der Waals surface area contributed by atoms with Gasteiger partial charge in [0.05, 0.1) is 0 Å². The van der Waals surface area contributed by atoms with Gasteiger partial charge in [-0.3, -0.25) is 0 Å². The monoisotopic (exact) mass is 250 g/mol. The molecule has 2 atom stereocenters. The highest BCUT2D eigenvalue weighted by Gasteiger charge is 2.31. The van der Waals surface area contributed by atoms with Crippen LogP contribution in [0, 0.1) is 17.8 Å². The normalized spacial score (nSPS) is 31.3. The van der Waals surface area contributed by atoms with Crippen LogP contribution in [0.4, 0.5) is 0 Å². The zero-order chi connectivity index (χ0) is 13.0. The van der Waals surface area contributed by atoms with Crippen LogP contribution >= 0.6 is 0 Å². The van der Waals surface area contributed by atoms with E-state index in [1.807, 2.05) is 0 Å². The summed E-state index contributed by atoms with van der Waals surface area (Å²) in [6, 6.07) is 0. The van der Waals surface area contributed by atoms with Crippen molar-refractivity contribution in [1.82, 2.24) is 0 Å². The van der Waals surface area contributed by atoms with Gasteiger partial charge in [-0.15, -0.1) is 0 Å². The Balaban J connectivity index is 2.05. The van der Waals surface area contributed by atoms with Crippen molar-refractivity contribution in [1.29, 1.82) is 0 Å². The lowest BCUT2D eigenvalue weighted by Gasteiger charge is -2.38. The lowest BCUT2D eigenvalue weighted by Crippen LogP contribution is -2.27. The molecule has 2 aliphatic carbocycles. The lowest BCUT2D eigenvalue weighted by atomic mass is 9.67. The minimum absolute atomic E-state index is 0.526. The van der Waals surface area contributed by atoms with Crippen LogP contribution in [-0.4, -0.2) is 11.1 Å².